The van der Waals surface area contributed by atoms with E-state index in [4.69, 9.17) is 9.51 Å². The Morgan fingerprint density at radius 2 is 1.76 bits per heavy atom. The average molecular weight is 526 g/mol. The lowest BCUT2D eigenvalue weighted by Gasteiger charge is -2.19. The number of fused-ring (bicyclic) bond motifs is 1. The quantitative estimate of drug-likeness (QED) is 0.290. The van der Waals surface area contributed by atoms with Gasteiger partial charge in [-0.25, -0.2) is 10.1 Å². The van der Waals surface area contributed by atoms with Crippen LogP contribution in [0.3, 0.4) is 0 Å². The molecule has 1 unspecified atom stereocenters. The second-order valence-electron chi connectivity index (χ2n) is 7.73. The first-order valence-electron chi connectivity index (χ1n) is 10.7. The third kappa shape index (κ3) is 5.50. The molecule has 0 spiro atoms. The van der Waals surface area contributed by atoms with E-state index < -0.39 is 7.52 Å². The number of aromatic nitrogens is 2. The second kappa shape index (κ2) is 10.1. The Kier molecular flexibility index (Phi) is 7.25. The maximum Gasteiger partial charge on any atom is 0.274 e. The summed E-state index contributed by atoms with van der Waals surface area (Å²) in [6.07, 6.45) is 0.269. The molecule has 8 heteroatoms. The lowest BCUT2D eigenvalue weighted by atomic mass is 10.1. The molecule has 1 atom stereocenters. The summed E-state index contributed by atoms with van der Waals surface area (Å²) in [5, 5.41) is 3.69. The molecule has 0 radical (unpaired) electrons. The number of hydrogen-bond acceptors (Lipinski definition) is 4. The Morgan fingerprint density at radius 1 is 1.03 bits per heavy atom. The third-order valence-electron chi connectivity index (χ3n) is 5.35. The van der Waals surface area contributed by atoms with Crippen LogP contribution in [0.1, 0.15) is 18.1 Å². The lowest BCUT2D eigenvalue weighted by Crippen LogP contribution is -2.20. The Balaban J connectivity index is 1.58. The molecule has 0 bridgehead atoms. The molecule has 4 aromatic rings. The zero-order valence-electron chi connectivity index (χ0n) is 18.5. The van der Waals surface area contributed by atoms with Crippen molar-refractivity contribution in [3.05, 3.63) is 98.7 Å². The maximum absolute atomic E-state index is 13.4. The van der Waals surface area contributed by atoms with Gasteiger partial charge in [-0.3, -0.25) is 13.9 Å². The van der Waals surface area contributed by atoms with E-state index in [1.165, 1.54) is 0 Å². The van der Waals surface area contributed by atoms with Crippen molar-refractivity contribution in [3.63, 3.8) is 0 Å². The monoisotopic (exact) mass is 525 g/mol. The summed E-state index contributed by atoms with van der Waals surface area (Å²) in [6, 6.07) is 22.9. The van der Waals surface area contributed by atoms with E-state index in [-0.39, 0.29) is 11.7 Å². The summed E-state index contributed by atoms with van der Waals surface area (Å²) >= 11 is 3.44. The molecule has 1 heterocycles. The molecule has 0 saturated heterocycles. The van der Waals surface area contributed by atoms with Crippen molar-refractivity contribution in [3.8, 4) is 11.4 Å². The predicted molar refractivity (Wildman–Crippen MR) is 136 cm³/mol. The SMILES string of the molecule is CCOP(=O)(Cc1ccc(-c2nc3cc(Br)ccc3c(=O)n2C)cc1)NCc1ccccc1. The van der Waals surface area contributed by atoms with Gasteiger partial charge in [-0.1, -0.05) is 70.5 Å². The summed E-state index contributed by atoms with van der Waals surface area (Å²) in [7, 11) is -1.36. The maximum atomic E-state index is 13.4. The number of hydrogen-bond donors (Lipinski definition) is 1. The molecule has 3 aromatic carbocycles. The number of benzene rings is 3. The van der Waals surface area contributed by atoms with Gasteiger partial charge in [0.05, 0.1) is 23.7 Å². The summed E-state index contributed by atoms with van der Waals surface area (Å²) < 4.78 is 21.5. The van der Waals surface area contributed by atoms with Crippen LogP contribution in [0, 0.1) is 0 Å². The molecular weight excluding hydrogens is 501 g/mol. The standard InChI is InChI=1S/C25H25BrN3O3P/c1-3-32-33(31,27-16-18-7-5-4-6-8-18)17-19-9-11-20(12-10-19)24-28-23-15-21(26)13-14-22(23)25(30)29(24)2/h4-15H,3,16-17H2,1-2H3,(H,27,31). The van der Waals surface area contributed by atoms with Gasteiger partial charge in [-0.2, -0.15) is 0 Å². The first-order chi connectivity index (χ1) is 15.9. The molecule has 1 N–H and O–H groups in total. The minimum atomic E-state index is -3.08. The predicted octanol–water partition coefficient (Wildman–Crippen LogP) is 5.88. The molecule has 170 valence electrons. The molecule has 0 amide bonds. The van der Waals surface area contributed by atoms with Crippen LogP contribution in [0.4, 0.5) is 0 Å². The van der Waals surface area contributed by atoms with Gasteiger partial charge in [0.25, 0.3) is 13.1 Å². The zero-order valence-corrected chi connectivity index (χ0v) is 21.0. The minimum absolute atomic E-state index is 0.0995. The molecule has 1 aromatic heterocycles. The molecule has 0 aliphatic heterocycles. The van der Waals surface area contributed by atoms with Crippen LogP contribution in [-0.2, 0) is 28.8 Å². The van der Waals surface area contributed by atoms with Gasteiger partial charge in [-0.05, 0) is 36.2 Å². The van der Waals surface area contributed by atoms with Crippen LogP contribution in [0.15, 0.2) is 82.1 Å². The first-order valence-corrected chi connectivity index (χ1v) is 13.3. The molecule has 0 aliphatic carbocycles. The van der Waals surface area contributed by atoms with Gasteiger partial charge in [-0.15, -0.1) is 0 Å². The molecule has 33 heavy (non-hydrogen) atoms. The molecule has 4 rings (SSSR count). The van der Waals surface area contributed by atoms with Crippen molar-refractivity contribution in [2.75, 3.05) is 6.61 Å². The van der Waals surface area contributed by atoms with Crippen LogP contribution < -0.4 is 10.6 Å². The normalized spacial score (nSPS) is 13.2. The minimum Gasteiger partial charge on any atom is -0.318 e. The number of nitrogens with zero attached hydrogens (tertiary/aromatic N) is 2. The molecule has 0 fully saturated rings. The Hall–Kier alpha value is -2.57. The van der Waals surface area contributed by atoms with Gasteiger partial charge in [0.2, 0.25) is 0 Å². The van der Waals surface area contributed by atoms with Gasteiger partial charge in [0.15, 0.2) is 0 Å². The van der Waals surface area contributed by atoms with Gasteiger partial charge in [0, 0.05) is 23.6 Å². The van der Waals surface area contributed by atoms with Crippen molar-refractivity contribution in [2.24, 2.45) is 7.05 Å². The van der Waals surface area contributed by atoms with Gasteiger partial charge < -0.3 is 4.52 Å². The zero-order chi connectivity index (χ0) is 23.4. The highest BCUT2D eigenvalue weighted by Gasteiger charge is 2.23. The molecule has 6 nitrogen and oxygen atoms in total. The van der Waals surface area contributed by atoms with E-state index in [0.29, 0.717) is 29.9 Å². The fraction of sp³-hybridized carbons (Fsp3) is 0.200. The highest BCUT2D eigenvalue weighted by Crippen LogP contribution is 2.46. The number of nitrogens with one attached hydrogen (secondary N) is 1. The van der Waals surface area contributed by atoms with Gasteiger partial charge >= 0.3 is 0 Å². The largest absolute Gasteiger partial charge is 0.318 e. The average Bonchev–Trinajstić information content (AvgIpc) is 2.81. The number of rotatable bonds is 8. The molecular formula is C25H25BrN3O3P. The van der Waals surface area contributed by atoms with Crippen molar-refractivity contribution in [1.82, 2.24) is 14.6 Å². The molecule has 0 aliphatic rings. The van der Waals surface area contributed by atoms with E-state index in [9.17, 15) is 9.36 Å². The van der Waals surface area contributed by atoms with Crippen molar-refractivity contribution >= 4 is 34.4 Å². The van der Waals surface area contributed by atoms with E-state index in [2.05, 4.69) is 21.0 Å². The Bertz CT molecular complexity index is 1370. The lowest BCUT2D eigenvalue weighted by molar-refractivity contribution is 0.323. The smallest absolute Gasteiger partial charge is 0.274 e. The van der Waals surface area contributed by atoms with E-state index in [1.54, 1.807) is 17.7 Å². The highest BCUT2D eigenvalue weighted by molar-refractivity contribution is 9.10. The van der Waals surface area contributed by atoms with Crippen LogP contribution in [0.2, 0.25) is 0 Å². The van der Waals surface area contributed by atoms with Crippen LogP contribution >= 0.6 is 23.4 Å². The summed E-state index contributed by atoms with van der Waals surface area (Å²) in [6.45, 7) is 2.66. The summed E-state index contributed by atoms with van der Waals surface area (Å²) in [5.41, 5.74) is 3.27. The second-order valence-corrected chi connectivity index (χ2v) is 10.9. The van der Waals surface area contributed by atoms with Crippen molar-refractivity contribution in [1.29, 1.82) is 0 Å². The van der Waals surface area contributed by atoms with Crippen molar-refractivity contribution < 1.29 is 9.09 Å². The molecule has 0 saturated carbocycles. The van der Waals surface area contributed by atoms with Crippen LogP contribution in [0.25, 0.3) is 22.3 Å². The summed E-state index contributed by atoms with van der Waals surface area (Å²) in [4.78, 5) is 17.5. The third-order valence-corrected chi connectivity index (χ3v) is 7.94. The number of halogens is 1. The van der Waals surface area contributed by atoms with Crippen molar-refractivity contribution in [2.45, 2.75) is 19.6 Å². The first kappa shape index (κ1) is 23.6. The van der Waals surface area contributed by atoms with E-state index >= 15 is 0 Å². The van der Waals surface area contributed by atoms with Crippen LogP contribution in [0.5, 0.6) is 0 Å². The van der Waals surface area contributed by atoms with Crippen LogP contribution in [-0.4, -0.2) is 16.2 Å². The highest BCUT2D eigenvalue weighted by atomic mass is 79.9. The summed E-state index contributed by atoms with van der Waals surface area (Å²) in [5.74, 6) is 0.576. The fourth-order valence-electron chi connectivity index (χ4n) is 3.67. The van der Waals surface area contributed by atoms with E-state index in [1.807, 2.05) is 73.7 Å². The Morgan fingerprint density at radius 3 is 2.45 bits per heavy atom. The topological polar surface area (TPSA) is 73.2 Å². The fourth-order valence-corrected chi connectivity index (χ4v) is 5.84. The van der Waals surface area contributed by atoms with Gasteiger partial charge in [0.1, 0.15) is 5.82 Å². The Labute approximate surface area is 201 Å². The van der Waals surface area contributed by atoms with E-state index in [0.717, 1.165) is 21.2 Å².